The Morgan fingerprint density at radius 2 is 2.50 bits per heavy atom. The van der Waals surface area contributed by atoms with E-state index in [1.54, 1.807) is 0 Å². The summed E-state index contributed by atoms with van der Waals surface area (Å²) in [7, 11) is 2.06. The third kappa shape index (κ3) is 1.06. The summed E-state index contributed by atoms with van der Waals surface area (Å²) in [4.78, 5) is 13.1. The number of nitrogens with one attached hydrogen (secondary N) is 1. The molecule has 0 bridgehead atoms. The highest BCUT2D eigenvalue weighted by atomic mass is 16.6. The monoisotopic (exact) mass is 170 g/mol. The van der Waals surface area contributed by atoms with Gasteiger partial charge in [0.15, 0.2) is 0 Å². The number of carbonyl (C=O) groups is 1. The average molecular weight is 170 g/mol. The summed E-state index contributed by atoms with van der Waals surface area (Å²) in [6.45, 7) is 3.67. The molecule has 0 aromatic rings. The first-order valence-electron chi connectivity index (χ1n) is 4.28. The molecule has 2 unspecified atom stereocenters. The molecule has 2 aliphatic rings. The van der Waals surface area contributed by atoms with Crippen molar-refractivity contribution in [3.63, 3.8) is 0 Å². The molecule has 1 spiro atoms. The van der Waals surface area contributed by atoms with Crippen LogP contribution in [0.2, 0.25) is 0 Å². The molecule has 2 heterocycles. The van der Waals surface area contributed by atoms with Crippen LogP contribution < -0.4 is 5.32 Å². The number of likely N-dealkylation sites (tertiary alicyclic amines) is 1. The van der Waals surface area contributed by atoms with Crippen molar-refractivity contribution in [1.82, 2.24) is 10.2 Å². The Hall–Kier alpha value is -0.770. The Labute approximate surface area is 71.9 Å². The lowest BCUT2D eigenvalue weighted by molar-refractivity contribution is 0.0656. The number of alkyl carbamates (subject to hydrolysis) is 1. The number of rotatable bonds is 0. The van der Waals surface area contributed by atoms with E-state index >= 15 is 0 Å². The van der Waals surface area contributed by atoms with Gasteiger partial charge in [-0.05, 0) is 14.0 Å². The van der Waals surface area contributed by atoms with Crippen LogP contribution in [-0.4, -0.2) is 42.8 Å². The fourth-order valence-corrected chi connectivity index (χ4v) is 2.07. The molecule has 68 valence electrons. The van der Waals surface area contributed by atoms with Crippen LogP contribution in [0.5, 0.6) is 0 Å². The molecule has 0 saturated carbocycles. The second kappa shape index (κ2) is 2.36. The highest BCUT2D eigenvalue weighted by Gasteiger charge is 2.47. The van der Waals surface area contributed by atoms with E-state index in [2.05, 4.69) is 24.2 Å². The summed E-state index contributed by atoms with van der Waals surface area (Å²) < 4.78 is 5.26. The minimum atomic E-state index is -0.266. The molecule has 2 atom stereocenters. The molecule has 1 amide bonds. The van der Waals surface area contributed by atoms with E-state index in [-0.39, 0.29) is 11.7 Å². The predicted octanol–water partition coefficient (Wildman–Crippen LogP) is 0.189. The number of nitrogens with zero attached hydrogens (tertiary/aromatic N) is 1. The molecule has 0 aliphatic carbocycles. The van der Waals surface area contributed by atoms with Crippen LogP contribution in [0.1, 0.15) is 13.3 Å². The first-order valence-corrected chi connectivity index (χ1v) is 4.28. The molecule has 2 aliphatic heterocycles. The van der Waals surface area contributed by atoms with Crippen LogP contribution in [0.4, 0.5) is 4.79 Å². The molecule has 1 N–H and O–H groups in total. The van der Waals surface area contributed by atoms with Gasteiger partial charge in [-0.1, -0.05) is 0 Å². The number of amides is 1. The standard InChI is InChI=1S/C8H14N2O2/c1-6-3-8(5-10(6)2)4-9-7(11)12-8/h6H,3-5H2,1-2H3,(H,9,11). The minimum absolute atomic E-state index is 0.231. The van der Waals surface area contributed by atoms with Crippen LogP contribution in [0, 0.1) is 0 Å². The molecule has 0 aromatic carbocycles. The Kier molecular flexibility index (Phi) is 1.54. The van der Waals surface area contributed by atoms with Crippen molar-refractivity contribution < 1.29 is 9.53 Å². The van der Waals surface area contributed by atoms with Gasteiger partial charge in [0.05, 0.1) is 6.54 Å². The molecule has 4 heteroatoms. The van der Waals surface area contributed by atoms with E-state index in [1.165, 1.54) is 0 Å². The topological polar surface area (TPSA) is 41.6 Å². The summed E-state index contributed by atoms with van der Waals surface area (Å²) in [5, 5.41) is 2.71. The fourth-order valence-electron chi connectivity index (χ4n) is 2.07. The normalized spacial score (nSPS) is 41.8. The van der Waals surface area contributed by atoms with E-state index < -0.39 is 0 Å². The second-order valence-corrected chi connectivity index (χ2v) is 3.89. The van der Waals surface area contributed by atoms with Gasteiger partial charge in [-0.3, -0.25) is 4.90 Å². The van der Waals surface area contributed by atoms with Crippen molar-refractivity contribution >= 4 is 6.09 Å². The summed E-state index contributed by atoms with van der Waals surface area (Å²) in [6.07, 6.45) is 0.680. The lowest BCUT2D eigenvalue weighted by atomic mass is 10.0. The first-order chi connectivity index (χ1) is 5.61. The van der Waals surface area contributed by atoms with Crippen molar-refractivity contribution in [2.45, 2.75) is 25.0 Å². The Bertz CT molecular complexity index is 207. The molecule has 0 aromatic heterocycles. The second-order valence-electron chi connectivity index (χ2n) is 3.89. The number of hydrogen-bond acceptors (Lipinski definition) is 3. The third-order valence-corrected chi connectivity index (χ3v) is 2.82. The van der Waals surface area contributed by atoms with E-state index in [9.17, 15) is 4.79 Å². The maximum Gasteiger partial charge on any atom is 0.407 e. The van der Waals surface area contributed by atoms with Crippen molar-refractivity contribution in [1.29, 1.82) is 0 Å². The summed E-state index contributed by atoms with van der Waals surface area (Å²) in [6, 6.07) is 0.512. The molecule has 0 radical (unpaired) electrons. The van der Waals surface area contributed by atoms with Crippen LogP contribution >= 0.6 is 0 Å². The van der Waals surface area contributed by atoms with Gasteiger partial charge in [0, 0.05) is 19.0 Å². The predicted molar refractivity (Wildman–Crippen MR) is 43.9 cm³/mol. The van der Waals surface area contributed by atoms with E-state index in [4.69, 9.17) is 4.74 Å². The number of carbonyl (C=O) groups excluding carboxylic acids is 1. The van der Waals surface area contributed by atoms with Gasteiger partial charge in [-0.2, -0.15) is 0 Å². The van der Waals surface area contributed by atoms with Crippen LogP contribution in [0.25, 0.3) is 0 Å². The van der Waals surface area contributed by atoms with Gasteiger partial charge >= 0.3 is 6.09 Å². The highest BCUT2D eigenvalue weighted by molar-refractivity contribution is 5.70. The molecular weight excluding hydrogens is 156 g/mol. The van der Waals surface area contributed by atoms with Crippen molar-refractivity contribution in [2.75, 3.05) is 20.1 Å². The average Bonchev–Trinajstić information content (AvgIpc) is 2.42. The van der Waals surface area contributed by atoms with Crippen molar-refractivity contribution in [3.8, 4) is 0 Å². The highest BCUT2D eigenvalue weighted by Crippen LogP contribution is 2.31. The fraction of sp³-hybridized carbons (Fsp3) is 0.875. The van der Waals surface area contributed by atoms with E-state index in [0.717, 1.165) is 13.0 Å². The third-order valence-electron chi connectivity index (χ3n) is 2.82. The van der Waals surface area contributed by atoms with E-state index in [1.807, 2.05) is 0 Å². The van der Waals surface area contributed by atoms with Crippen LogP contribution in [0.15, 0.2) is 0 Å². The lowest BCUT2D eigenvalue weighted by Gasteiger charge is -2.18. The summed E-state index contributed by atoms with van der Waals surface area (Å²) in [5.41, 5.74) is -0.231. The SMILES string of the molecule is CC1CC2(CNC(=O)O2)CN1C. The Morgan fingerprint density at radius 1 is 1.75 bits per heavy atom. The van der Waals surface area contributed by atoms with Crippen LogP contribution in [0.3, 0.4) is 0 Å². The molecule has 4 nitrogen and oxygen atoms in total. The quantitative estimate of drug-likeness (QED) is 0.564. The zero-order valence-corrected chi connectivity index (χ0v) is 7.46. The summed E-state index contributed by atoms with van der Waals surface area (Å²) in [5.74, 6) is 0. The van der Waals surface area contributed by atoms with Crippen molar-refractivity contribution in [3.05, 3.63) is 0 Å². The molecular formula is C8H14N2O2. The van der Waals surface area contributed by atoms with Gasteiger partial charge in [0.2, 0.25) is 0 Å². The molecule has 2 saturated heterocycles. The maximum absolute atomic E-state index is 10.9. The van der Waals surface area contributed by atoms with Gasteiger partial charge in [-0.15, -0.1) is 0 Å². The largest absolute Gasteiger partial charge is 0.440 e. The zero-order valence-electron chi connectivity index (χ0n) is 7.46. The van der Waals surface area contributed by atoms with Gasteiger partial charge < -0.3 is 10.1 Å². The molecule has 2 rings (SSSR count). The summed E-state index contributed by atoms with van der Waals surface area (Å²) >= 11 is 0. The lowest BCUT2D eigenvalue weighted by Crippen LogP contribution is -2.35. The molecule has 12 heavy (non-hydrogen) atoms. The van der Waals surface area contributed by atoms with Gasteiger partial charge in [0.1, 0.15) is 5.60 Å². The smallest absolute Gasteiger partial charge is 0.407 e. The number of hydrogen-bond donors (Lipinski definition) is 1. The Morgan fingerprint density at radius 3 is 2.92 bits per heavy atom. The minimum Gasteiger partial charge on any atom is -0.440 e. The number of ether oxygens (including phenoxy) is 1. The number of likely N-dealkylation sites (N-methyl/N-ethyl adjacent to an activating group) is 1. The van der Waals surface area contributed by atoms with Crippen LogP contribution in [-0.2, 0) is 4.74 Å². The van der Waals surface area contributed by atoms with Gasteiger partial charge in [0.25, 0.3) is 0 Å². The van der Waals surface area contributed by atoms with Gasteiger partial charge in [-0.25, -0.2) is 4.79 Å². The first kappa shape index (κ1) is 7.86. The van der Waals surface area contributed by atoms with Crippen molar-refractivity contribution in [2.24, 2.45) is 0 Å². The van der Waals surface area contributed by atoms with E-state index in [0.29, 0.717) is 12.6 Å². The maximum atomic E-state index is 10.9. The zero-order chi connectivity index (χ0) is 8.77. The Balaban J connectivity index is 2.10. The molecule has 2 fully saturated rings.